The van der Waals surface area contributed by atoms with Crippen LogP contribution in [0.5, 0.6) is 0 Å². The number of carbonyl (C=O) groups is 3. The quantitative estimate of drug-likeness (QED) is 0.252. The number of rotatable bonds is 10. The number of allylic oxidation sites excluding steroid dienone is 1. The molecule has 202 valence electrons. The molecule has 36 heavy (non-hydrogen) atoms. The Morgan fingerprint density at radius 1 is 0.972 bits per heavy atom. The summed E-state index contributed by atoms with van der Waals surface area (Å²) in [6.07, 6.45) is 17.1. The molecule has 0 aromatic rings. The first-order chi connectivity index (χ1) is 17.0. The van der Waals surface area contributed by atoms with E-state index in [9.17, 15) is 14.4 Å². The van der Waals surface area contributed by atoms with Crippen LogP contribution in [0, 0.1) is 34.5 Å². The number of carboxylic acid groups (broad SMARTS) is 1. The number of unbranched alkanes of at least 4 members (excludes halogenated alkanes) is 5. The molecular formula is C31H48O5. The lowest BCUT2D eigenvalue weighted by molar-refractivity contribution is -0.180. The molecule has 1 N–H and O–H groups in total. The minimum Gasteiger partial charge on any atom is -0.481 e. The summed E-state index contributed by atoms with van der Waals surface area (Å²) in [7, 11) is 0. The maximum atomic E-state index is 12.4. The van der Waals surface area contributed by atoms with Gasteiger partial charge in [-0.1, -0.05) is 51.5 Å². The first-order valence-electron chi connectivity index (χ1n) is 14.7. The topological polar surface area (TPSA) is 80.7 Å². The van der Waals surface area contributed by atoms with Crippen LogP contribution in [-0.4, -0.2) is 28.4 Å². The highest BCUT2D eigenvalue weighted by molar-refractivity contribution is 5.91. The molecule has 3 fully saturated rings. The predicted molar refractivity (Wildman–Crippen MR) is 140 cm³/mol. The first-order valence-corrected chi connectivity index (χ1v) is 14.7. The maximum Gasteiger partial charge on any atom is 0.303 e. The van der Waals surface area contributed by atoms with E-state index in [2.05, 4.69) is 20.8 Å². The second-order valence-corrected chi connectivity index (χ2v) is 13.2. The second kappa shape index (κ2) is 10.6. The van der Waals surface area contributed by atoms with Gasteiger partial charge in [0.2, 0.25) is 0 Å². The van der Waals surface area contributed by atoms with E-state index in [0.717, 1.165) is 57.8 Å². The van der Waals surface area contributed by atoms with E-state index in [0.29, 0.717) is 35.9 Å². The SMILES string of the molecule is CC(=O)O[C@@]1(C)CC[C@H]2[C@@H]3[C@H](CCCCCCCCC(=O)O)CC4=CC(=O)CC[C@]4(C)[C@H]3CC[C@@]21C. The molecule has 3 saturated carbocycles. The van der Waals surface area contributed by atoms with Crippen molar-refractivity contribution in [1.29, 1.82) is 0 Å². The molecule has 0 aromatic carbocycles. The fourth-order valence-corrected chi connectivity index (χ4v) is 9.10. The van der Waals surface area contributed by atoms with Crippen LogP contribution in [0.15, 0.2) is 11.6 Å². The van der Waals surface area contributed by atoms with Crippen LogP contribution in [-0.2, 0) is 19.1 Å². The van der Waals surface area contributed by atoms with E-state index in [1.165, 1.54) is 31.3 Å². The van der Waals surface area contributed by atoms with Gasteiger partial charge < -0.3 is 9.84 Å². The average molecular weight is 501 g/mol. The van der Waals surface area contributed by atoms with Crippen LogP contribution in [0.25, 0.3) is 0 Å². The zero-order chi connectivity index (χ0) is 26.1. The van der Waals surface area contributed by atoms with Crippen LogP contribution < -0.4 is 0 Å². The number of esters is 1. The fourth-order valence-electron chi connectivity index (χ4n) is 9.10. The van der Waals surface area contributed by atoms with Crippen molar-refractivity contribution in [3.05, 3.63) is 11.6 Å². The van der Waals surface area contributed by atoms with E-state index in [4.69, 9.17) is 9.84 Å². The van der Waals surface area contributed by atoms with Crippen molar-refractivity contribution in [2.45, 2.75) is 130 Å². The molecule has 5 heteroatoms. The lowest BCUT2D eigenvalue weighted by atomic mass is 9.44. The first kappa shape index (κ1) is 27.4. The minimum atomic E-state index is -0.694. The van der Waals surface area contributed by atoms with Crippen molar-refractivity contribution >= 4 is 17.7 Å². The van der Waals surface area contributed by atoms with Crippen LogP contribution in [0.1, 0.15) is 124 Å². The lowest BCUT2D eigenvalue weighted by Crippen LogP contribution is -2.57. The molecule has 0 bridgehead atoms. The Labute approximate surface area is 217 Å². The largest absolute Gasteiger partial charge is 0.481 e. The number of ether oxygens (including phenoxy) is 1. The monoisotopic (exact) mass is 500 g/mol. The number of fused-ring (bicyclic) bond motifs is 5. The second-order valence-electron chi connectivity index (χ2n) is 13.2. The van der Waals surface area contributed by atoms with Gasteiger partial charge in [-0.3, -0.25) is 14.4 Å². The highest BCUT2D eigenvalue weighted by atomic mass is 16.6. The summed E-state index contributed by atoms with van der Waals surface area (Å²) in [5.41, 5.74) is 1.20. The molecule has 0 spiro atoms. The van der Waals surface area contributed by atoms with Crippen molar-refractivity contribution in [1.82, 2.24) is 0 Å². The normalized spacial score (nSPS) is 39.6. The Hall–Kier alpha value is -1.65. The summed E-state index contributed by atoms with van der Waals surface area (Å²) in [4.78, 5) is 35.2. The van der Waals surface area contributed by atoms with E-state index < -0.39 is 5.97 Å². The van der Waals surface area contributed by atoms with Gasteiger partial charge >= 0.3 is 11.9 Å². The molecule has 5 nitrogen and oxygen atoms in total. The average Bonchev–Trinajstić information content (AvgIpc) is 3.06. The summed E-state index contributed by atoms with van der Waals surface area (Å²) < 4.78 is 6.06. The Morgan fingerprint density at radius 3 is 2.33 bits per heavy atom. The Balaban J connectivity index is 1.49. The third-order valence-corrected chi connectivity index (χ3v) is 11.3. The van der Waals surface area contributed by atoms with Gasteiger partial charge in [-0.2, -0.15) is 0 Å². The summed E-state index contributed by atoms with van der Waals surface area (Å²) >= 11 is 0. The minimum absolute atomic E-state index is 0.0181. The molecule has 0 unspecified atom stereocenters. The number of carbonyl (C=O) groups excluding carboxylic acids is 2. The summed E-state index contributed by atoms with van der Waals surface area (Å²) in [6.45, 7) is 8.58. The molecule has 7 atom stereocenters. The number of aliphatic carboxylic acids is 1. The molecule has 0 heterocycles. The zero-order valence-electron chi connectivity index (χ0n) is 23.1. The summed E-state index contributed by atoms with van der Waals surface area (Å²) in [5.74, 6) is 1.86. The molecule has 0 aliphatic heterocycles. The molecule has 4 aliphatic rings. The van der Waals surface area contributed by atoms with Crippen molar-refractivity contribution < 1.29 is 24.2 Å². The smallest absolute Gasteiger partial charge is 0.303 e. The van der Waals surface area contributed by atoms with Crippen molar-refractivity contribution in [3.8, 4) is 0 Å². The molecule has 0 radical (unpaired) electrons. The lowest BCUT2D eigenvalue weighted by Gasteiger charge is -2.61. The van der Waals surface area contributed by atoms with Crippen LogP contribution >= 0.6 is 0 Å². The Kier molecular flexibility index (Phi) is 8.07. The molecule has 4 rings (SSSR count). The number of hydrogen-bond donors (Lipinski definition) is 1. The van der Waals surface area contributed by atoms with E-state index >= 15 is 0 Å². The van der Waals surface area contributed by atoms with E-state index in [1.54, 1.807) is 6.92 Å². The van der Waals surface area contributed by atoms with Gasteiger partial charge in [0.05, 0.1) is 0 Å². The summed E-state index contributed by atoms with van der Waals surface area (Å²) in [5, 5.41) is 8.82. The zero-order valence-corrected chi connectivity index (χ0v) is 23.1. The molecule has 0 aromatic heterocycles. The maximum absolute atomic E-state index is 12.4. The molecule has 0 saturated heterocycles. The van der Waals surface area contributed by atoms with Gasteiger partial charge in [-0.05, 0) is 93.5 Å². The van der Waals surface area contributed by atoms with Crippen molar-refractivity contribution in [2.75, 3.05) is 0 Å². The molecule has 0 amide bonds. The number of ketones is 1. The number of hydrogen-bond acceptors (Lipinski definition) is 4. The Bertz CT molecular complexity index is 891. The van der Waals surface area contributed by atoms with Gasteiger partial charge in [0.15, 0.2) is 5.78 Å². The van der Waals surface area contributed by atoms with Crippen LogP contribution in [0.3, 0.4) is 0 Å². The summed E-state index contributed by atoms with van der Waals surface area (Å²) in [6, 6.07) is 0. The third-order valence-electron chi connectivity index (χ3n) is 11.3. The van der Waals surface area contributed by atoms with Crippen molar-refractivity contribution in [2.24, 2.45) is 34.5 Å². The van der Waals surface area contributed by atoms with Crippen LogP contribution in [0.4, 0.5) is 0 Å². The highest BCUT2D eigenvalue weighted by Crippen LogP contribution is 2.69. The van der Waals surface area contributed by atoms with Gasteiger partial charge in [0, 0.05) is 25.2 Å². The number of carboxylic acids is 1. The third kappa shape index (κ3) is 5.05. The molecule has 4 aliphatic carbocycles. The highest BCUT2D eigenvalue weighted by Gasteiger charge is 2.65. The van der Waals surface area contributed by atoms with Gasteiger partial charge in [-0.25, -0.2) is 0 Å². The Morgan fingerprint density at radius 2 is 1.64 bits per heavy atom. The van der Waals surface area contributed by atoms with Gasteiger partial charge in [0.25, 0.3) is 0 Å². The fraction of sp³-hybridized carbons (Fsp3) is 0.839. The van der Waals surface area contributed by atoms with E-state index in [-0.39, 0.29) is 28.8 Å². The van der Waals surface area contributed by atoms with Gasteiger partial charge in [-0.15, -0.1) is 0 Å². The van der Waals surface area contributed by atoms with E-state index in [1.807, 2.05) is 6.08 Å². The molecular weight excluding hydrogens is 452 g/mol. The van der Waals surface area contributed by atoms with Crippen molar-refractivity contribution in [3.63, 3.8) is 0 Å². The van der Waals surface area contributed by atoms with Gasteiger partial charge in [0.1, 0.15) is 5.60 Å². The van der Waals surface area contributed by atoms with Crippen LogP contribution in [0.2, 0.25) is 0 Å². The predicted octanol–water partition coefficient (Wildman–Crippen LogP) is 7.27. The standard InChI is InChI=1S/C31H48O5/c1-21(32)36-31(4)18-15-26-28-22(11-9-7-5-6-8-10-12-27(34)35)19-23-20-24(33)13-16-29(23,2)25(28)14-17-30(26,31)3/h20,22,25-26,28H,5-19H2,1-4H3,(H,34,35)/t22-,25+,26+,28-,29+,30+,31+/m1/s1.